The fourth-order valence-corrected chi connectivity index (χ4v) is 3.66. The van der Waals surface area contributed by atoms with Gasteiger partial charge in [-0.15, -0.1) is 11.3 Å². The number of carboxylic acid groups (broad SMARTS) is 1. The van der Waals surface area contributed by atoms with Crippen LogP contribution in [0.5, 0.6) is 0 Å². The van der Waals surface area contributed by atoms with Gasteiger partial charge in [0.2, 0.25) is 0 Å². The quantitative estimate of drug-likeness (QED) is 0.947. The predicted molar refractivity (Wildman–Crippen MR) is 85.3 cm³/mol. The van der Waals surface area contributed by atoms with Crippen LogP contribution in [0.1, 0.15) is 21.3 Å². The number of thiophene rings is 1. The molecule has 5 heteroatoms. The van der Waals surface area contributed by atoms with E-state index < -0.39 is 5.97 Å². The van der Waals surface area contributed by atoms with Gasteiger partial charge in [-0.25, -0.2) is 4.79 Å². The Morgan fingerprint density at radius 1 is 1.19 bits per heavy atom. The van der Waals surface area contributed by atoms with Gasteiger partial charge in [0, 0.05) is 19.6 Å². The van der Waals surface area contributed by atoms with Gasteiger partial charge in [-0.3, -0.25) is 0 Å². The highest BCUT2D eigenvalue weighted by atomic mass is 32.1. The molecule has 4 nitrogen and oxygen atoms in total. The van der Waals surface area contributed by atoms with Crippen molar-refractivity contribution in [3.63, 3.8) is 0 Å². The molecule has 0 amide bonds. The molecule has 1 aromatic heterocycles. The van der Waals surface area contributed by atoms with E-state index in [9.17, 15) is 4.79 Å². The summed E-state index contributed by atoms with van der Waals surface area (Å²) < 4.78 is 0. The first-order valence-electron chi connectivity index (χ1n) is 6.98. The third-order valence-corrected chi connectivity index (χ3v) is 4.96. The first-order chi connectivity index (χ1) is 10.1. The molecular formula is C16H18N2O2S. The van der Waals surface area contributed by atoms with E-state index in [1.807, 2.05) is 12.1 Å². The van der Waals surface area contributed by atoms with Crippen molar-refractivity contribution in [3.05, 3.63) is 52.9 Å². The predicted octanol–water partition coefficient (Wildman–Crippen LogP) is 2.94. The lowest BCUT2D eigenvalue weighted by molar-refractivity contribution is 0.0702. The Balaban J connectivity index is 1.92. The van der Waals surface area contributed by atoms with Crippen molar-refractivity contribution in [1.29, 1.82) is 0 Å². The summed E-state index contributed by atoms with van der Waals surface area (Å²) in [7, 11) is 2.13. The minimum atomic E-state index is -0.850. The highest BCUT2D eigenvalue weighted by Gasteiger charge is 2.28. The van der Waals surface area contributed by atoms with Gasteiger partial charge >= 0.3 is 5.97 Å². The lowest BCUT2D eigenvalue weighted by atomic mass is 10.0. The van der Waals surface area contributed by atoms with Crippen molar-refractivity contribution < 1.29 is 9.90 Å². The van der Waals surface area contributed by atoms with Crippen LogP contribution in [-0.4, -0.2) is 42.7 Å². The van der Waals surface area contributed by atoms with E-state index in [1.54, 1.807) is 6.07 Å². The van der Waals surface area contributed by atoms with Gasteiger partial charge in [0.25, 0.3) is 0 Å². The summed E-state index contributed by atoms with van der Waals surface area (Å²) in [6.45, 7) is 2.85. The summed E-state index contributed by atoms with van der Waals surface area (Å²) in [5, 5.41) is 10.1. The van der Waals surface area contributed by atoms with E-state index in [0.29, 0.717) is 4.88 Å². The molecule has 1 aliphatic rings. The van der Waals surface area contributed by atoms with Gasteiger partial charge in [-0.05, 0) is 24.7 Å². The molecule has 1 unspecified atom stereocenters. The van der Waals surface area contributed by atoms with Crippen molar-refractivity contribution in [2.75, 3.05) is 31.6 Å². The molecule has 1 fully saturated rings. The minimum absolute atomic E-state index is 0.269. The van der Waals surface area contributed by atoms with E-state index in [4.69, 9.17) is 5.11 Å². The number of benzene rings is 1. The largest absolute Gasteiger partial charge is 0.477 e. The molecule has 1 N–H and O–H groups in total. The maximum Gasteiger partial charge on any atom is 0.345 e. The van der Waals surface area contributed by atoms with Crippen LogP contribution in [0.2, 0.25) is 0 Å². The fourth-order valence-electron chi connectivity index (χ4n) is 2.74. The second-order valence-corrected chi connectivity index (χ2v) is 6.39. The lowest BCUT2D eigenvalue weighted by Gasteiger charge is -2.41. The molecule has 1 aliphatic heterocycles. The Labute approximate surface area is 128 Å². The first kappa shape index (κ1) is 14.1. The summed E-state index contributed by atoms with van der Waals surface area (Å²) in [4.78, 5) is 16.1. The monoisotopic (exact) mass is 302 g/mol. The van der Waals surface area contributed by atoms with E-state index in [2.05, 4.69) is 41.1 Å². The Kier molecular flexibility index (Phi) is 3.94. The molecule has 21 heavy (non-hydrogen) atoms. The summed E-state index contributed by atoms with van der Waals surface area (Å²) in [5.41, 5.74) is 1.27. The molecule has 0 radical (unpaired) electrons. The van der Waals surface area contributed by atoms with Crippen LogP contribution in [0, 0.1) is 0 Å². The maximum absolute atomic E-state index is 11.1. The van der Waals surface area contributed by atoms with Crippen LogP contribution < -0.4 is 4.90 Å². The van der Waals surface area contributed by atoms with Crippen LogP contribution in [-0.2, 0) is 0 Å². The van der Waals surface area contributed by atoms with Crippen LogP contribution in [0.15, 0.2) is 42.5 Å². The maximum atomic E-state index is 11.1. The average Bonchev–Trinajstić information content (AvgIpc) is 2.98. The molecule has 2 aromatic rings. The number of hydrogen-bond acceptors (Lipinski definition) is 4. The van der Waals surface area contributed by atoms with E-state index in [-0.39, 0.29) is 6.04 Å². The SMILES string of the molecule is CN1CCN(c2ccc(C(=O)O)s2)C(c2ccccc2)C1. The summed E-state index contributed by atoms with van der Waals surface area (Å²) in [6.07, 6.45) is 0. The molecule has 3 rings (SSSR count). The number of rotatable bonds is 3. The van der Waals surface area contributed by atoms with E-state index >= 15 is 0 Å². The van der Waals surface area contributed by atoms with Crippen molar-refractivity contribution >= 4 is 22.3 Å². The number of carboxylic acids is 1. The number of hydrogen-bond donors (Lipinski definition) is 1. The second kappa shape index (κ2) is 5.87. The molecule has 0 saturated carbocycles. The summed E-state index contributed by atoms with van der Waals surface area (Å²) in [5.74, 6) is -0.850. The molecule has 1 aromatic carbocycles. The Morgan fingerprint density at radius 3 is 2.62 bits per heavy atom. The van der Waals surface area contributed by atoms with Gasteiger partial charge in [0.05, 0.1) is 11.0 Å². The van der Waals surface area contributed by atoms with Crippen LogP contribution in [0.3, 0.4) is 0 Å². The smallest absolute Gasteiger partial charge is 0.345 e. The van der Waals surface area contributed by atoms with Crippen molar-refractivity contribution in [2.24, 2.45) is 0 Å². The number of nitrogens with zero attached hydrogens (tertiary/aromatic N) is 2. The minimum Gasteiger partial charge on any atom is -0.477 e. The zero-order chi connectivity index (χ0) is 14.8. The molecule has 2 heterocycles. The van der Waals surface area contributed by atoms with Gasteiger partial charge in [0.15, 0.2) is 0 Å². The number of piperazine rings is 1. The third-order valence-electron chi connectivity index (χ3n) is 3.85. The number of likely N-dealkylation sites (N-methyl/N-ethyl adjacent to an activating group) is 1. The fraction of sp³-hybridized carbons (Fsp3) is 0.312. The zero-order valence-electron chi connectivity index (χ0n) is 11.9. The van der Waals surface area contributed by atoms with E-state index in [0.717, 1.165) is 24.6 Å². The molecular weight excluding hydrogens is 284 g/mol. The van der Waals surface area contributed by atoms with Gasteiger partial charge in [-0.2, -0.15) is 0 Å². The number of carbonyl (C=O) groups is 1. The lowest BCUT2D eigenvalue weighted by Crippen LogP contribution is -2.46. The number of anilines is 1. The Hall–Kier alpha value is -1.85. The van der Waals surface area contributed by atoms with Crippen molar-refractivity contribution in [3.8, 4) is 0 Å². The molecule has 0 spiro atoms. The first-order valence-corrected chi connectivity index (χ1v) is 7.80. The molecule has 1 atom stereocenters. The Morgan fingerprint density at radius 2 is 1.95 bits per heavy atom. The van der Waals surface area contributed by atoms with Gasteiger partial charge in [0.1, 0.15) is 4.88 Å². The molecule has 110 valence electrons. The van der Waals surface area contributed by atoms with E-state index in [1.165, 1.54) is 16.9 Å². The van der Waals surface area contributed by atoms with Crippen LogP contribution >= 0.6 is 11.3 Å². The average molecular weight is 302 g/mol. The second-order valence-electron chi connectivity index (χ2n) is 5.33. The highest BCUT2D eigenvalue weighted by molar-refractivity contribution is 7.17. The topological polar surface area (TPSA) is 43.8 Å². The molecule has 0 bridgehead atoms. The third kappa shape index (κ3) is 2.94. The summed E-state index contributed by atoms with van der Waals surface area (Å²) >= 11 is 1.36. The van der Waals surface area contributed by atoms with Crippen LogP contribution in [0.4, 0.5) is 5.00 Å². The van der Waals surface area contributed by atoms with Gasteiger partial charge < -0.3 is 14.9 Å². The normalized spacial score (nSPS) is 19.7. The highest BCUT2D eigenvalue weighted by Crippen LogP contribution is 2.35. The van der Waals surface area contributed by atoms with Crippen molar-refractivity contribution in [1.82, 2.24) is 4.90 Å². The summed E-state index contributed by atoms with van der Waals surface area (Å²) in [6, 6.07) is 14.3. The van der Waals surface area contributed by atoms with Gasteiger partial charge in [-0.1, -0.05) is 30.3 Å². The molecule has 0 aliphatic carbocycles. The standard InChI is InChI=1S/C16H18N2O2S/c1-17-9-10-18(15-8-7-14(21-15)16(19)20)13(11-17)12-5-3-2-4-6-12/h2-8,13H,9-11H2,1H3,(H,19,20). The molecule has 1 saturated heterocycles. The van der Waals surface area contributed by atoms with Crippen LogP contribution in [0.25, 0.3) is 0 Å². The van der Waals surface area contributed by atoms with Crippen molar-refractivity contribution in [2.45, 2.75) is 6.04 Å². The Bertz CT molecular complexity index is 626. The number of aromatic carboxylic acids is 1. The zero-order valence-corrected chi connectivity index (χ0v) is 12.7.